The van der Waals surface area contributed by atoms with E-state index < -0.39 is 28.5 Å². The van der Waals surface area contributed by atoms with Gasteiger partial charge in [0, 0.05) is 12.6 Å². The summed E-state index contributed by atoms with van der Waals surface area (Å²) in [6.07, 6.45) is 1.55. The molecule has 208 valence electrons. The van der Waals surface area contributed by atoms with Gasteiger partial charge in [-0.1, -0.05) is 68.4 Å². The lowest BCUT2D eigenvalue weighted by molar-refractivity contribution is -0.139. The molecule has 0 aliphatic heterocycles. The van der Waals surface area contributed by atoms with Crippen molar-refractivity contribution < 1.29 is 18.0 Å². The molecule has 8 heteroatoms. The highest BCUT2D eigenvalue weighted by atomic mass is 32.2. The Balaban J connectivity index is 2.02. The van der Waals surface area contributed by atoms with Crippen LogP contribution >= 0.6 is 0 Å². The van der Waals surface area contributed by atoms with Crippen LogP contribution in [0.1, 0.15) is 50.8 Å². The lowest BCUT2D eigenvalue weighted by Crippen LogP contribution is -2.52. The van der Waals surface area contributed by atoms with E-state index in [1.165, 1.54) is 17.0 Å². The molecule has 0 bridgehead atoms. The lowest BCUT2D eigenvalue weighted by Gasteiger charge is -2.32. The Morgan fingerprint density at radius 2 is 1.49 bits per heavy atom. The standard InChI is InChI=1S/C31H39N3O4S/c1-6-24(4)32-31(36)25(5)33(21-27-14-12-11-13-23(27)3)30(35)22-34(28-19-17-26(7-2)18-20-28)39(37,38)29-15-9-8-10-16-29/h8-20,24-25H,6-7,21-22H2,1-5H3,(H,32,36). The topological polar surface area (TPSA) is 86.8 Å². The molecule has 0 aliphatic rings. The number of hydrogen-bond acceptors (Lipinski definition) is 4. The Labute approximate surface area is 232 Å². The van der Waals surface area contributed by atoms with Crippen LogP contribution in [0.25, 0.3) is 0 Å². The van der Waals surface area contributed by atoms with Crippen molar-refractivity contribution in [2.24, 2.45) is 0 Å². The Bertz CT molecular complexity index is 1360. The summed E-state index contributed by atoms with van der Waals surface area (Å²) < 4.78 is 28.8. The Morgan fingerprint density at radius 3 is 2.08 bits per heavy atom. The smallest absolute Gasteiger partial charge is 0.264 e. The van der Waals surface area contributed by atoms with Gasteiger partial charge in [-0.3, -0.25) is 13.9 Å². The molecule has 1 N–H and O–H groups in total. The summed E-state index contributed by atoms with van der Waals surface area (Å²) in [6.45, 7) is 9.26. The van der Waals surface area contributed by atoms with Gasteiger partial charge in [0.2, 0.25) is 11.8 Å². The molecule has 3 aromatic rings. The maximum absolute atomic E-state index is 14.0. The quantitative estimate of drug-likeness (QED) is 0.341. The van der Waals surface area contributed by atoms with E-state index in [9.17, 15) is 18.0 Å². The predicted molar refractivity (Wildman–Crippen MR) is 156 cm³/mol. The average molecular weight is 550 g/mol. The highest BCUT2D eigenvalue weighted by Crippen LogP contribution is 2.25. The van der Waals surface area contributed by atoms with E-state index in [1.54, 1.807) is 37.3 Å². The first-order valence-electron chi connectivity index (χ1n) is 13.4. The molecule has 0 saturated heterocycles. The van der Waals surface area contributed by atoms with Gasteiger partial charge in [-0.2, -0.15) is 0 Å². The van der Waals surface area contributed by atoms with Crippen molar-refractivity contribution in [1.82, 2.24) is 10.2 Å². The van der Waals surface area contributed by atoms with Crippen LogP contribution in [0.5, 0.6) is 0 Å². The van der Waals surface area contributed by atoms with Crippen molar-refractivity contribution in [3.8, 4) is 0 Å². The summed E-state index contributed by atoms with van der Waals surface area (Å²) in [4.78, 5) is 28.7. The molecule has 2 amide bonds. The molecule has 39 heavy (non-hydrogen) atoms. The highest BCUT2D eigenvalue weighted by Gasteiger charge is 2.32. The van der Waals surface area contributed by atoms with Crippen LogP contribution in [-0.2, 0) is 32.6 Å². The van der Waals surface area contributed by atoms with Crippen LogP contribution in [0.15, 0.2) is 83.8 Å². The third kappa shape index (κ3) is 7.47. The van der Waals surface area contributed by atoms with Crippen molar-refractivity contribution in [2.45, 2.75) is 71.0 Å². The van der Waals surface area contributed by atoms with Crippen LogP contribution < -0.4 is 9.62 Å². The Hall–Kier alpha value is -3.65. The molecule has 2 unspecified atom stereocenters. The second kappa shape index (κ2) is 13.4. The van der Waals surface area contributed by atoms with Gasteiger partial charge < -0.3 is 10.2 Å². The Kier molecular flexibility index (Phi) is 10.3. The normalized spacial score (nSPS) is 12.8. The van der Waals surface area contributed by atoms with Crippen molar-refractivity contribution in [2.75, 3.05) is 10.8 Å². The number of aryl methyl sites for hydroxylation is 2. The summed E-state index contributed by atoms with van der Waals surface area (Å²) in [7, 11) is -4.07. The number of anilines is 1. The van der Waals surface area contributed by atoms with E-state index in [1.807, 2.05) is 64.1 Å². The van der Waals surface area contributed by atoms with Crippen molar-refractivity contribution in [3.05, 3.63) is 95.6 Å². The zero-order valence-corrected chi connectivity index (χ0v) is 24.2. The average Bonchev–Trinajstić information content (AvgIpc) is 2.95. The van der Waals surface area contributed by atoms with Crippen molar-refractivity contribution in [1.29, 1.82) is 0 Å². The van der Waals surface area contributed by atoms with E-state index in [2.05, 4.69) is 5.32 Å². The molecule has 3 aromatic carbocycles. The highest BCUT2D eigenvalue weighted by molar-refractivity contribution is 7.92. The minimum Gasteiger partial charge on any atom is -0.352 e. The van der Waals surface area contributed by atoms with Crippen molar-refractivity contribution >= 4 is 27.5 Å². The van der Waals surface area contributed by atoms with Crippen molar-refractivity contribution in [3.63, 3.8) is 0 Å². The summed E-state index contributed by atoms with van der Waals surface area (Å²) in [5.41, 5.74) is 3.31. The van der Waals surface area contributed by atoms with Gasteiger partial charge in [0.15, 0.2) is 0 Å². The minimum atomic E-state index is -4.07. The molecule has 7 nitrogen and oxygen atoms in total. The van der Waals surface area contributed by atoms with Gasteiger partial charge in [0.1, 0.15) is 12.6 Å². The second-order valence-corrected chi connectivity index (χ2v) is 11.6. The molecule has 0 fully saturated rings. The monoisotopic (exact) mass is 549 g/mol. The van der Waals surface area contributed by atoms with Crippen LogP contribution in [0.3, 0.4) is 0 Å². The zero-order valence-electron chi connectivity index (χ0n) is 23.4. The Morgan fingerprint density at radius 1 is 0.872 bits per heavy atom. The summed E-state index contributed by atoms with van der Waals surface area (Å²) in [5.74, 6) is -0.750. The molecule has 0 heterocycles. The fraction of sp³-hybridized carbons (Fsp3) is 0.355. The van der Waals surface area contributed by atoms with Gasteiger partial charge in [-0.05, 0) is 74.6 Å². The van der Waals surface area contributed by atoms with Crippen LogP contribution in [-0.4, -0.2) is 43.8 Å². The number of nitrogens with zero attached hydrogens (tertiary/aromatic N) is 2. The van der Waals surface area contributed by atoms with Gasteiger partial charge in [0.25, 0.3) is 10.0 Å². The van der Waals surface area contributed by atoms with Gasteiger partial charge in [0.05, 0.1) is 10.6 Å². The summed E-state index contributed by atoms with van der Waals surface area (Å²) in [6, 6.07) is 22.0. The molecular formula is C31H39N3O4S. The van der Waals surface area contributed by atoms with Crippen LogP contribution in [0.4, 0.5) is 5.69 Å². The number of carbonyl (C=O) groups is 2. The largest absolute Gasteiger partial charge is 0.352 e. The van der Waals surface area contributed by atoms with E-state index in [-0.39, 0.29) is 23.4 Å². The molecular weight excluding hydrogens is 510 g/mol. The first kappa shape index (κ1) is 29.9. The third-order valence-electron chi connectivity index (χ3n) is 7.01. The van der Waals surface area contributed by atoms with E-state index in [0.29, 0.717) is 5.69 Å². The molecule has 0 spiro atoms. The van der Waals surface area contributed by atoms with Gasteiger partial charge in [-0.25, -0.2) is 8.42 Å². The van der Waals surface area contributed by atoms with Crippen LogP contribution in [0.2, 0.25) is 0 Å². The fourth-order valence-electron chi connectivity index (χ4n) is 4.17. The van der Waals surface area contributed by atoms with Gasteiger partial charge >= 0.3 is 0 Å². The molecule has 0 aliphatic carbocycles. The summed E-state index contributed by atoms with van der Waals surface area (Å²) in [5, 5.41) is 2.95. The number of sulfonamides is 1. The van der Waals surface area contributed by atoms with Gasteiger partial charge in [-0.15, -0.1) is 0 Å². The SMILES string of the molecule is CCc1ccc(N(CC(=O)N(Cc2ccccc2C)C(C)C(=O)NC(C)CC)S(=O)(=O)c2ccccc2)cc1. The van der Waals surface area contributed by atoms with Crippen LogP contribution in [0, 0.1) is 6.92 Å². The predicted octanol–water partition coefficient (Wildman–Crippen LogP) is 5.08. The third-order valence-corrected chi connectivity index (χ3v) is 8.80. The molecule has 2 atom stereocenters. The number of amides is 2. The number of nitrogens with one attached hydrogen (secondary N) is 1. The lowest BCUT2D eigenvalue weighted by atomic mass is 10.1. The maximum atomic E-state index is 14.0. The summed E-state index contributed by atoms with van der Waals surface area (Å²) >= 11 is 0. The fourth-order valence-corrected chi connectivity index (χ4v) is 5.60. The molecule has 0 radical (unpaired) electrons. The number of hydrogen-bond donors (Lipinski definition) is 1. The number of benzene rings is 3. The minimum absolute atomic E-state index is 0.0533. The number of carbonyl (C=O) groups excluding carboxylic acids is 2. The molecule has 0 saturated carbocycles. The first-order chi connectivity index (χ1) is 18.6. The van der Waals surface area contributed by atoms with E-state index in [4.69, 9.17) is 0 Å². The first-order valence-corrected chi connectivity index (χ1v) is 14.8. The molecule has 0 aromatic heterocycles. The van der Waals surface area contributed by atoms with E-state index in [0.717, 1.165) is 33.8 Å². The second-order valence-electron chi connectivity index (χ2n) is 9.79. The maximum Gasteiger partial charge on any atom is 0.264 e. The number of rotatable bonds is 12. The zero-order chi connectivity index (χ0) is 28.6. The molecule has 3 rings (SSSR count). The van der Waals surface area contributed by atoms with E-state index >= 15 is 0 Å².